The van der Waals surface area contributed by atoms with E-state index >= 15 is 0 Å². The number of carbonyl (C=O) groups is 1. The molecule has 0 radical (unpaired) electrons. The highest BCUT2D eigenvalue weighted by Crippen LogP contribution is 2.32. The lowest BCUT2D eigenvalue weighted by Crippen LogP contribution is -2.50. The van der Waals surface area contributed by atoms with Gasteiger partial charge in [0.2, 0.25) is 0 Å². The van der Waals surface area contributed by atoms with Gasteiger partial charge in [0.05, 0.1) is 26.4 Å². The van der Waals surface area contributed by atoms with Gasteiger partial charge in [-0.05, 0) is 36.6 Å². The van der Waals surface area contributed by atoms with Crippen molar-refractivity contribution in [3.05, 3.63) is 29.3 Å². The molecule has 2 amide bonds. The number of amides is 2. The van der Waals surface area contributed by atoms with E-state index in [1.165, 1.54) is 11.1 Å². The van der Waals surface area contributed by atoms with Crippen molar-refractivity contribution in [1.29, 1.82) is 0 Å². The first kappa shape index (κ1) is 14.2. The summed E-state index contributed by atoms with van der Waals surface area (Å²) in [5.74, 6) is 0.883. The molecule has 1 aromatic rings. The maximum absolute atomic E-state index is 12.7. The van der Waals surface area contributed by atoms with Crippen LogP contribution in [0.15, 0.2) is 18.2 Å². The Morgan fingerprint density at radius 3 is 2.76 bits per heavy atom. The highest BCUT2D eigenvalue weighted by atomic mass is 16.5. The second-order valence-electron chi connectivity index (χ2n) is 5.57. The van der Waals surface area contributed by atoms with Crippen LogP contribution in [0.2, 0.25) is 0 Å². The summed E-state index contributed by atoms with van der Waals surface area (Å²) < 4.78 is 10.6. The summed E-state index contributed by atoms with van der Waals surface area (Å²) in [5.41, 5.74) is 2.51. The lowest BCUT2D eigenvalue weighted by molar-refractivity contribution is 0.0390. The van der Waals surface area contributed by atoms with Crippen LogP contribution in [0.25, 0.3) is 0 Å². The molecule has 0 aromatic heterocycles. The van der Waals surface area contributed by atoms with Gasteiger partial charge < -0.3 is 19.3 Å². The third-order valence-electron chi connectivity index (χ3n) is 4.42. The van der Waals surface area contributed by atoms with Gasteiger partial charge in [-0.3, -0.25) is 0 Å². The topological polar surface area (TPSA) is 42.0 Å². The van der Waals surface area contributed by atoms with Crippen molar-refractivity contribution in [1.82, 2.24) is 9.80 Å². The Hall–Kier alpha value is -1.75. The van der Waals surface area contributed by atoms with Gasteiger partial charge in [0.15, 0.2) is 0 Å². The van der Waals surface area contributed by atoms with Gasteiger partial charge in [-0.1, -0.05) is 6.07 Å². The van der Waals surface area contributed by atoms with E-state index in [1.807, 2.05) is 15.9 Å². The number of methoxy groups -OCH3 is 1. The highest BCUT2D eigenvalue weighted by molar-refractivity contribution is 5.75. The molecule has 0 spiro atoms. The first-order valence-electron chi connectivity index (χ1n) is 7.51. The monoisotopic (exact) mass is 290 g/mol. The zero-order valence-corrected chi connectivity index (χ0v) is 12.7. The second kappa shape index (κ2) is 5.93. The third kappa shape index (κ3) is 2.70. The second-order valence-corrected chi connectivity index (χ2v) is 5.57. The summed E-state index contributed by atoms with van der Waals surface area (Å²) >= 11 is 0. The van der Waals surface area contributed by atoms with Gasteiger partial charge in [-0.15, -0.1) is 0 Å². The summed E-state index contributed by atoms with van der Waals surface area (Å²) in [5, 5.41) is 0. The minimum atomic E-state index is 0.106. The Kier molecular flexibility index (Phi) is 4.01. The first-order valence-corrected chi connectivity index (χ1v) is 7.51. The molecule has 0 saturated carbocycles. The summed E-state index contributed by atoms with van der Waals surface area (Å²) in [7, 11) is 1.68. The molecule has 1 unspecified atom stereocenters. The van der Waals surface area contributed by atoms with Crippen LogP contribution < -0.4 is 4.74 Å². The van der Waals surface area contributed by atoms with Crippen molar-refractivity contribution in [3.63, 3.8) is 0 Å². The predicted octanol–water partition coefficient (Wildman–Crippen LogP) is 2.07. The average Bonchev–Trinajstić information content (AvgIpc) is 2.55. The minimum absolute atomic E-state index is 0.106. The maximum Gasteiger partial charge on any atom is 0.320 e. The van der Waals surface area contributed by atoms with Gasteiger partial charge in [-0.25, -0.2) is 4.79 Å². The Morgan fingerprint density at radius 1 is 1.29 bits per heavy atom. The molecule has 1 atom stereocenters. The largest absolute Gasteiger partial charge is 0.497 e. The van der Waals surface area contributed by atoms with Gasteiger partial charge in [0, 0.05) is 19.6 Å². The van der Waals surface area contributed by atoms with Crippen LogP contribution in [-0.2, 0) is 11.2 Å². The van der Waals surface area contributed by atoms with Gasteiger partial charge in [0.25, 0.3) is 0 Å². The van der Waals surface area contributed by atoms with Crippen LogP contribution >= 0.6 is 0 Å². The van der Waals surface area contributed by atoms with Crippen LogP contribution in [0.4, 0.5) is 4.79 Å². The number of hydrogen-bond acceptors (Lipinski definition) is 3. The molecule has 5 nitrogen and oxygen atoms in total. The molecule has 0 aliphatic carbocycles. The van der Waals surface area contributed by atoms with E-state index < -0.39 is 0 Å². The number of ether oxygens (including phenoxy) is 2. The summed E-state index contributed by atoms with van der Waals surface area (Å²) in [6.07, 6.45) is 0.882. The number of rotatable bonds is 1. The van der Waals surface area contributed by atoms with Crippen molar-refractivity contribution in [2.45, 2.75) is 19.4 Å². The number of urea groups is 1. The van der Waals surface area contributed by atoms with Crippen LogP contribution in [0, 0.1) is 0 Å². The van der Waals surface area contributed by atoms with Gasteiger partial charge in [-0.2, -0.15) is 0 Å². The molecule has 114 valence electrons. The quantitative estimate of drug-likeness (QED) is 0.795. The molecule has 2 aliphatic heterocycles. The normalized spacial score (nSPS) is 21.9. The standard InChI is InChI=1S/C16H22N2O3/c1-12-15-4-3-14(20-2)11-13(15)5-6-18(12)16(19)17-7-9-21-10-8-17/h3-4,11-12H,5-10H2,1-2H3. The van der Waals surface area contributed by atoms with Crippen molar-refractivity contribution in [3.8, 4) is 5.75 Å². The summed E-state index contributed by atoms with van der Waals surface area (Å²) in [4.78, 5) is 16.5. The number of hydrogen-bond donors (Lipinski definition) is 0. The molecule has 1 fully saturated rings. The van der Waals surface area contributed by atoms with Gasteiger partial charge >= 0.3 is 6.03 Å². The zero-order valence-electron chi connectivity index (χ0n) is 12.7. The molecule has 0 bridgehead atoms. The SMILES string of the molecule is COc1ccc2c(c1)CCN(C(=O)N1CCOCC1)C2C. The molecule has 3 rings (SSSR count). The van der Waals surface area contributed by atoms with Crippen LogP contribution in [0.5, 0.6) is 5.75 Å². The van der Waals surface area contributed by atoms with E-state index in [9.17, 15) is 4.79 Å². The molecular weight excluding hydrogens is 268 g/mol. The fraction of sp³-hybridized carbons (Fsp3) is 0.562. The molecule has 5 heteroatoms. The number of fused-ring (bicyclic) bond motifs is 1. The average molecular weight is 290 g/mol. The summed E-state index contributed by atoms with van der Waals surface area (Å²) in [6.45, 7) is 5.53. The van der Waals surface area contributed by atoms with Crippen molar-refractivity contribution in [2.75, 3.05) is 40.0 Å². The Morgan fingerprint density at radius 2 is 2.05 bits per heavy atom. The third-order valence-corrected chi connectivity index (χ3v) is 4.42. The molecule has 2 heterocycles. The number of carbonyl (C=O) groups excluding carboxylic acids is 1. The Bertz CT molecular complexity index is 526. The number of benzene rings is 1. The van der Waals surface area contributed by atoms with E-state index in [2.05, 4.69) is 19.1 Å². The van der Waals surface area contributed by atoms with E-state index in [1.54, 1.807) is 7.11 Å². The van der Waals surface area contributed by atoms with E-state index in [4.69, 9.17) is 9.47 Å². The van der Waals surface area contributed by atoms with E-state index in [0.29, 0.717) is 26.3 Å². The Balaban J connectivity index is 1.78. The molecule has 21 heavy (non-hydrogen) atoms. The molecule has 2 aliphatic rings. The molecule has 1 aromatic carbocycles. The maximum atomic E-state index is 12.7. The van der Waals surface area contributed by atoms with Crippen LogP contribution in [-0.4, -0.2) is 55.8 Å². The van der Waals surface area contributed by atoms with Crippen LogP contribution in [0.3, 0.4) is 0 Å². The minimum Gasteiger partial charge on any atom is -0.497 e. The van der Waals surface area contributed by atoms with E-state index in [-0.39, 0.29) is 12.1 Å². The molecule has 1 saturated heterocycles. The molecular formula is C16H22N2O3. The smallest absolute Gasteiger partial charge is 0.320 e. The lowest BCUT2D eigenvalue weighted by Gasteiger charge is -2.39. The summed E-state index contributed by atoms with van der Waals surface area (Å²) in [6, 6.07) is 6.38. The number of nitrogens with zero attached hydrogens (tertiary/aromatic N) is 2. The lowest BCUT2D eigenvalue weighted by atomic mass is 9.93. The van der Waals surface area contributed by atoms with Crippen molar-refractivity contribution < 1.29 is 14.3 Å². The fourth-order valence-electron chi connectivity index (χ4n) is 3.13. The van der Waals surface area contributed by atoms with Crippen molar-refractivity contribution >= 4 is 6.03 Å². The Labute approximate surface area is 125 Å². The van der Waals surface area contributed by atoms with Crippen LogP contribution in [0.1, 0.15) is 24.1 Å². The highest BCUT2D eigenvalue weighted by Gasteiger charge is 2.31. The molecule has 0 N–H and O–H groups in total. The van der Waals surface area contributed by atoms with Gasteiger partial charge in [0.1, 0.15) is 5.75 Å². The number of morpholine rings is 1. The van der Waals surface area contributed by atoms with Crippen molar-refractivity contribution in [2.24, 2.45) is 0 Å². The first-order chi connectivity index (χ1) is 10.2. The van der Waals surface area contributed by atoms with E-state index in [0.717, 1.165) is 18.7 Å². The zero-order chi connectivity index (χ0) is 14.8. The predicted molar refractivity (Wildman–Crippen MR) is 79.6 cm³/mol. The fourth-order valence-corrected chi connectivity index (χ4v) is 3.13.